The molecular formula is C66H106N20O13. The highest BCUT2D eigenvalue weighted by Crippen LogP contribution is 2.26. The van der Waals surface area contributed by atoms with E-state index in [0.29, 0.717) is 54.4 Å². The molecule has 0 spiro atoms. The fourth-order valence-electron chi connectivity index (χ4n) is 11.3. The first-order valence-corrected chi connectivity index (χ1v) is 33.9. The van der Waals surface area contributed by atoms with Crippen LogP contribution in [0.2, 0.25) is 0 Å². The van der Waals surface area contributed by atoms with Gasteiger partial charge in [0.2, 0.25) is 76.5 Å². The maximum Gasteiger partial charge on any atom is 0.243 e. The Labute approximate surface area is 577 Å². The topological polar surface area (TPSA) is 545 Å². The number of aromatic nitrogens is 4. The number of para-hydroxylation sites is 1. The van der Waals surface area contributed by atoms with Crippen molar-refractivity contribution >= 4 is 93.4 Å². The van der Waals surface area contributed by atoms with E-state index in [2.05, 4.69) is 68.4 Å². The SMILES string of the molecule is CC(C)CC1NC(=O)[C@H](CC(N)=O)NC(=O)C(C)(C)CCCCCCn2cc(nn2)CCC[C@@](C)(C(=O)N[C@@H](CCC(N)=O)C(=O)N[C@@H](CC(N)=O)C(N)=O)NN[C@@H](CC(C)C)C(=O)C(=O)[C@H](CC(C)C)NC(=O)C(CCCN=C(N)N)NC(=O)[C@H](Cc2c[nH]c3ccccc23)NC1=O. The third kappa shape index (κ3) is 27.8. The van der Waals surface area contributed by atoms with Gasteiger partial charge in [-0.15, -0.1) is 5.10 Å². The molecule has 3 heterocycles. The van der Waals surface area contributed by atoms with Crippen LogP contribution in [0.5, 0.6) is 0 Å². The van der Waals surface area contributed by atoms with Gasteiger partial charge in [-0.3, -0.25) is 72.0 Å². The minimum atomic E-state index is -1.79. The number of nitrogens with two attached hydrogens (primary N) is 6. The lowest BCUT2D eigenvalue weighted by Crippen LogP contribution is -2.65. The maximum atomic E-state index is 15.1. The number of aliphatic imine (C=N–C) groups is 1. The fraction of sp³-hybridized carbons (Fsp3) is 0.636. The molecule has 22 N–H and O–H groups in total. The number of hydrazine groups is 1. The standard InChI is InChI=1S/C66H106N20O13/c1-36(2)28-45-54(90)55(91)46(29-37(3)4)83-84-66(9,63(99)80-44(22-23-51(67)87)58(94)77-47(56(70)92)32-52(68)88)25-16-18-40-35-86(85-82-40)27-15-11-10-14-24-65(7,8)62(98)81-50(33-53(69)89)61(97)78-48(30-38(5)6)59(95)79-49(31-39-34-74-42-20-13-12-19-41(39)42)60(96)75-43(57(93)76-45)21-17-26-73-64(71)72/h12-13,19-20,34-38,43-50,74,83-84H,10-11,14-18,21-33H2,1-9H3,(H2,67,87)(H2,68,88)(H2,69,89)(H2,70,92)(H,75,96)(H,76,93)(H,77,94)(H,78,97)(H,79,95)(H,80,99)(H,81,98)(H4,71,72,73)/t43?,44-,45-,46-,47-,48?,49-,50-,66-/m0/s1. The quantitative estimate of drug-likeness (QED) is 0.0216. The lowest BCUT2D eigenvalue weighted by Gasteiger charge is -2.34. The van der Waals surface area contributed by atoms with Crippen LogP contribution < -0.4 is 82.5 Å². The zero-order valence-corrected chi connectivity index (χ0v) is 58.5. The van der Waals surface area contributed by atoms with Crippen LogP contribution in [0.1, 0.15) is 176 Å². The van der Waals surface area contributed by atoms with E-state index in [9.17, 15) is 57.5 Å². The molecule has 1 aliphatic rings. The molecule has 2 unspecified atom stereocenters. The van der Waals surface area contributed by atoms with Crippen LogP contribution in [0, 0.1) is 23.2 Å². The number of ketones is 2. The first kappa shape index (κ1) is 82.0. The molecule has 0 saturated carbocycles. The highest BCUT2D eigenvalue weighted by molar-refractivity contribution is 6.41. The number of carbonyl (C=O) groups is 13. The van der Waals surface area contributed by atoms with E-state index in [-0.39, 0.29) is 94.5 Å². The number of guanidine groups is 1. The van der Waals surface area contributed by atoms with Crippen LogP contribution in [0.4, 0.5) is 0 Å². The number of rotatable bonds is 24. The smallest absolute Gasteiger partial charge is 0.243 e. The molecule has 33 heteroatoms. The molecule has 0 saturated heterocycles. The van der Waals surface area contributed by atoms with Gasteiger partial charge in [0.05, 0.1) is 30.6 Å². The lowest BCUT2D eigenvalue weighted by atomic mass is 9.85. The van der Waals surface area contributed by atoms with E-state index in [4.69, 9.17) is 34.4 Å². The Hall–Kier alpha value is -9.40. The summed E-state index contributed by atoms with van der Waals surface area (Å²) in [6, 6.07) is -4.71. The fourth-order valence-corrected chi connectivity index (χ4v) is 11.3. The van der Waals surface area contributed by atoms with Gasteiger partial charge in [0, 0.05) is 54.6 Å². The van der Waals surface area contributed by atoms with Crippen molar-refractivity contribution in [1.29, 1.82) is 0 Å². The van der Waals surface area contributed by atoms with Gasteiger partial charge >= 0.3 is 0 Å². The number of nitrogens with zero attached hydrogens (tertiary/aromatic N) is 4. The largest absolute Gasteiger partial charge is 0.370 e. The van der Waals surface area contributed by atoms with Crippen molar-refractivity contribution in [2.45, 2.75) is 238 Å². The van der Waals surface area contributed by atoms with Gasteiger partial charge in [0.1, 0.15) is 41.8 Å². The van der Waals surface area contributed by atoms with E-state index in [1.54, 1.807) is 90.7 Å². The summed E-state index contributed by atoms with van der Waals surface area (Å²) in [5.41, 5.74) is 38.1. The van der Waals surface area contributed by atoms with Gasteiger partial charge in [0.15, 0.2) is 5.96 Å². The Kier molecular flexibility index (Phi) is 32.5. The highest BCUT2D eigenvalue weighted by Gasteiger charge is 2.41. The second-order valence-corrected chi connectivity index (χ2v) is 27.8. The predicted octanol–water partition coefficient (Wildman–Crippen LogP) is -1.24. The van der Waals surface area contributed by atoms with Gasteiger partial charge < -0.3 is 76.6 Å². The molecule has 99 heavy (non-hydrogen) atoms. The first-order chi connectivity index (χ1) is 46.5. The van der Waals surface area contributed by atoms with Gasteiger partial charge in [0.25, 0.3) is 0 Å². The Balaban J connectivity index is 1.86. The number of hydrogen-bond acceptors (Lipinski definition) is 18. The molecule has 0 radical (unpaired) electrons. The normalized spacial score (nSPS) is 22.5. The van der Waals surface area contributed by atoms with Crippen LogP contribution in [-0.4, -0.2) is 163 Å². The summed E-state index contributed by atoms with van der Waals surface area (Å²) in [6.45, 7) is 16.0. The summed E-state index contributed by atoms with van der Waals surface area (Å²) in [4.78, 5) is 188. The number of H-pyrrole nitrogens is 1. The summed E-state index contributed by atoms with van der Waals surface area (Å²) in [5.74, 6) is -13.0. The molecule has 11 amide bonds. The van der Waals surface area contributed by atoms with E-state index in [0.717, 1.165) is 6.42 Å². The van der Waals surface area contributed by atoms with Crippen LogP contribution in [0.25, 0.3) is 10.9 Å². The number of primary amides is 4. The van der Waals surface area contributed by atoms with Crippen LogP contribution in [-0.2, 0) is 81.7 Å². The molecule has 9 atom stereocenters. The predicted molar refractivity (Wildman–Crippen MR) is 367 cm³/mol. The van der Waals surface area contributed by atoms with Crippen molar-refractivity contribution in [3.63, 3.8) is 0 Å². The van der Waals surface area contributed by atoms with E-state index in [1.807, 2.05) is 6.07 Å². The number of carbonyl (C=O) groups excluding carboxylic acids is 13. The molecular weight excluding hydrogens is 1280 g/mol. The Morgan fingerprint density at radius 2 is 1.23 bits per heavy atom. The lowest BCUT2D eigenvalue weighted by molar-refractivity contribution is -0.141. The number of Topliss-reactive ketones (excluding diaryl/α,β-unsaturated/α-hetero) is 2. The average molecular weight is 1390 g/mol. The van der Waals surface area contributed by atoms with Crippen molar-refractivity contribution in [2.75, 3.05) is 6.54 Å². The van der Waals surface area contributed by atoms with Crippen molar-refractivity contribution in [3.8, 4) is 0 Å². The minimum absolute atomic E-state index is 0.0149. The Bertz CT molecular complexity index is 3340. The van der Waals surface area contributed by atoms with Crippen molar-refractivity contribution in [3.05, 3.63) is 47.9 Å². The number of aromatic amines is 1. The van der Waals surface area contributed by atoms with Gasteiger partial charge in [-0.25, -0.2) is 10.9 Å². The molecule has 4 rings (SSSR count). The number of hydrogen-bond donors (Lipinski definition) is 16. The average Bonchev–Trinajstić information content (AvgIpc) is 1.79. The second-order valence-electron chi connectivity index (χ2n) is 27.8. The molecule has 2 bridgehead atoms. The summed E-state index contributed by atoms with van der Waals surface area (Å²) in [7, 11) is 0. The molecule has 0 aliphatic carbocycles. The summed E-state index contributed by atoms with van der Waals surface area (Å²) < 4.78 is 1.66. The summed E-state index contributed by atoms with van der Waals surface area (Å²) >= 11 is 0. The van der Waals surface area contributed by atoms with Crippen LogP contribution in [0.3, 0.4) is 0 Å². The minimum Gasteiger partial charge on any atom is -0.370 e. The molecule has 1 aromatic carbocycles. The third-order valence-corrected chi connectivity index (χ3v) is 16.9. The van der Waals surface area contributed by atoms with Crippen molar-refractivity contribution in [2.24, 2.45) is 62.6 Å². The molecule has 33 nitrogen and oxygen atoms in total. The highest BCUT2D eigenvalue weighted by atomic mass is 16.2. The molecule has 3 aromatic rings. The molecule has 548 valence electrons. The number of aryl methyl sites for hydroxylation is 2. The maximum absolute atomic E-state index is 15.1. The monoisotopic (exact) mass is 1390 g/mol. The zero-order chi connectivity index (χ0) is 73.9. The van der Waals surface area contributed by atoms with Crippen molar-refractivity contribution in [1.82, 2.24) is 68.0 Å². The van der Waals surface area contributed by atoms with E-state index < -0.39 is 155 Å². The van der Waals surface area contributed by atoms with Gasteiger partial charge in [-0.2, -0.15) is 0 Å². The van der Waals surface area contributed by atoms with E-state index in [1.165, 1.54) is 6.92 Å². The third-order valence-electron chi connectivity index (χ3n) is 16.9. The number of benzene rings is 1. The number of amides is 11. The number of nitrogens with one attached hydrogen (secondary N) is 10. The molecule has 2 aromatic heterocycles. The van der Waals surface area contributed by atoms with Gasteiger partial charge in [-0.05, 0) is 107 Å². The second kappa shape index (κ2) is 39.3. The summed E-state index contributed by atoms with van der Waals surface area (Å²) in [5, 5.41) is 27.9. The Morgan fingerprint density at radius 1 is 0.646 bits per heavy atom. The molecule has 0 fully saturated rings. The van der Waals surface area contributed by atoms with Crippen LogP contribution >= 0.6 is 0 Å². The van der Waals surface area contributed by atoms with Crippen molar-refractivity contribution < 1.29 is 62.3 Å². The Morgan fingerprint density at radius 3 is 1.87 bits per heavy atom. The zero-order valence-electron chi connectivity index (χ0n) is 58.5. The van der Waals surface area contributed by atoms with Crippen LogP contribution in [0.15, 0.2) is 41.7 Å². The summed E-state index contributed by atoms with van der Waals surface area (Å²) in [6.07, 6.45) is 4.42. The van der Waals surface area contributed by atoms with E-state index >= 15 is 4.79 Å². The molecule has 1 aliphatic heterocycles. The number of fused-ring (bicyclic) bond motifs is 3. The van der Waals surface area contributed by atoms with Gasteiger partial charge in [-0.1, -0.05) is 98.1 Å². The first-order valence-electron chi connectivity index (χ1n) is 33.9.